The van der Waals surface area contributed by atoms with Crippen molar-refractivity contribution in [3.05, 3.63) is 91.4 Å². The van der Waals surface area contributed by atoms with Crippen LogP contribution in [0, 0.1) is 10.1 Å². The number of urea groups is 1. The second kappa shape index (κ2) is 9.22. The van der Waals surface area contributed by atoms with E-state index in [2.05, 4.69) is 0 Å². The molecule has 3 amide bonds. The van der Waals surface area contributed by atoms with Gasteiger partial charge in [0.2, 0.25) is 0 Å². The number of nitrogens with two attached hydrogens (primary N) is 1. The van der Waals surface area contributed by atoms with Crippen LogP contribution in [0.25, 0.3) is 0 Å². The number of carbonyl (C=O) groups excluding carboxylic acids is 2. The van der Waals surface area contributed by atoms with Crippen LogP contribution in [0.4, 0.5) is 16.2 Å². The lowest BCUT2D eigenvalue weighted by Gasteiger charge is -2.20. The Morgan fingerprint density at radius 2 is 1.65 bits per heavy atom. The van der Waals surface area contributed by atoms with Crippen molar-refractivity contribution >= 4 is 58.1 Å². The van der Waals surface area contributed by atoms with Gasteiger partial charge in [0.25, 0.3) is 11.6 Å². The number of anilines is 1. The number of carbonyl (C=O) groups is 2. The lowest BCUT2D eigenvalue weighted by atomic mass is 10.2. The minimum Gasteiger partial charge on any atom is -0.456 e. The molecule has 0 aliphatic heterocycles. The predicted octanol–water partition coefficient (Wildman–Crippen LogP) is 6.07. The molecule has 158 valence electrons. The topological polar surface area (TPSA) is 116 Å². The zero-order valence-corrected chi connectivity index (χ0v) is 17.7. The van der Waals surface area contributed by atoms with Crippen LogP contribution in [0.2, 0.25) is 15.1 Å². The molecule has 0 saturated heterocycles. The summed E-state index contributed by atoms with van der Waals surface area (Å²) in [7, 11) is 0. The van der Waals surface area contributed by atoms with Crippen molar-refractivity contribution in [2.45, 2.75) is 0 Å². The molecule has 0 aliphatic carbocycles. The van der Waals surface area contributed by atoms with Gasteiger partial charge in [0, 0.05) is 12.1 Å². The van der Waals surface area contributed by atoms with Crippen LogP contribution < -0.4 is 15.4 Å². The summed E-state index contributed by atoms with van der Waals surface area (Å²) in [6.45, 7) is 0. The van der Waals surface area contributed by atoms with Gasteiger partial charge in [0.1, 0.15) is 16.5 Å². The Morgan fingerprint density at radius 1 is 0.935 bits per heavy atom. The van der Waals surface area contributed by atoms with Gasteiger partial charge >= 0.3 is 6.03 Å². The number of nitrogens with zero attached hydrogens (tertiary/aromatic N) is 2. The number of nitro benzene ring substituents is 1. The fourth-order valence-corrected chi connectivity index (χ4v) is 3.31. The molecular formula is C20H12Cl3N3O5. The third-order valence-corrected chi connectivity index (χ3v) is 4.97. The Bertz CT molecular complexity index is 1200. The minimum atomic E-state index is -1.03. The van der Waals surface area contributed by atoms with E-state index in [-0.39, 0.29) is 43.5 Å². The number of primary amides is 1. The van der Waals surface area contributed by atoms with E-state index in [1.165, 1.54) is 48.5 Å². The van der Waals surface area contributed by atoms with Gasteiger partial charge in [0.15, 0.2) is 0 Å². The van der Waals surface area contributed by atoms with Gasteiger partial charge in [-0.25, -0.2) is 9.69 Å². The predicted molar refractivity (Wildman–Crippen MR) is 117 cm³/mol. The Morgan fingerprint density at radius 3 is 2.23 bits per heavy atom. The summed E-state index contributed by atoms with van der Waals surface area (Å²) in [6.07, 6.45) is 0. The first-order chi connectivity index (χ1) is 14.7. The number of hydrogen-bond acceptors (Lipinski definition) is 5. The maximum atomic E-state index is 12.8. The summed E-state index contributed by atoms with van der Waals surface area (Å²) in [5.74, 6) is -0.376. The average molecular weight is 481 g/mol. The van der Waals surface area contributed by atoms with Crippen molar-refractivity contribution in [3.63, 3.8) is 0 Å². The highest BCUT2D eigenvalue weighted by Gasteiger charge is 2.25. The van der Waals surface area contributed by atoms with Crippen molar-refractivity contribution in [2.75, 3.05) is 4.90 Å². The molecule has 31 heavy (non-hydrogen) atoms. The first-order valence-electron chi connectivity index (χ1n) is 8.49. The van der Waals surface area contributed by atoms with Crippen molar-refractivity contribution in [2.24, 2.45) is 5.73 Å². The van der Waals surface area contributed by atoms with Crippen LogP contribution in [0.15, 0.2) is 60.7 Å². The Hall–Kier alpha value is -3.33. The number of hydrogen-bond donors (Lipinski definition) is 1. The van der Waals surface area contributed by atoms with Crippen molar-refractivity contribution in [1.82, 2.24) is 0 Å². The van der Waals surface area contributed by atoms with E-state index in [0.29, 0.717) is 0 Å². The van der Waals surface area contributed by atoms with E-state index in [9.17, 15) is 19.7 Å². The normalized spacial score (nSPS) is 10.4. The highest BCUT2D eigenvalue weighted by Crippen LogP contribution is 2.36. The summed E-state index contributed by atoms with van der Waals surface area (Å²) in [5, 5.41) is 10.9. The van der Waals surface area contributed by atoms with Crippen LogP contribution in [-0.2, 0) is 0 Å². The van der Waals surface area contributed by atoms with Gasteiger partial charge in [-0.1, -0.05) is 46.9 Å². The second-order valence-corrected chi connectivity index (χ2v) is 7.27. The number of rotatable bonds is 5. The number of benzene rings is 3. The van der Waals surface area contributed by atoms with Crippen LogP contribution in [0.3, 0.4) is 0 Å². The lowest BCUT2D eigenvalue weighted by molar-refractivity contribution is -0.384. The van der Waals surface area contributed by atoms with Crippen LogP contribution in [0.5, 0.6) is 11.5 Å². The maximum Gasteiger partial charge on any atom is 0.326 e. The standard InChI is InChI=1S/C20H12Cl3N3O5/c21-14-4-2-1-3-13(14)19(27)25(20(24)28)11-5-8-18(16(23)9-11)31-12-6-7-17(26(29)30)15(22)10-12/h1-10H,(H2,24,28). The van der Waals surface area contributed by atoms with E-state index in [0.717, 1.165) is 4.90 Å². The third-order valence-electron chi connectivity index (χ3n) is 4.05. The molecule has 3 aromatic carbocycles. The van der Waals surface area contributed by atoms with E-state index in [1.54, 1.807) is 12.1 Å². The molecule has 0 aromatic heterocycles. The highest BCUT2D eigenvalue weighted by molar-refractivity contribution is 6.36. The quantitative estimate of drug-likeness (QED) is 0.351. The van der Waals surface area contributed by atoms with Gasteiger partial charge in [-0.3, -0.25) is 14.9 Å². The molecule has 0 unspecified atom stereocenters. The summed E-state index contributed by atoms with van der Waals surface area (Å²) in [4.78, 5) is 35.8. The van der Waals surface area contributed by atoms with Crippen LogP contribution in [0.1, 0.15) is 10.4 Å². The maximum absolute atomic E-state index is 12.8. The molecule has 3 aromatic rings. The number of ether oxygens (including phenoxy) is 1. The Labute approximate surface area is 190 Å². The fourth-order valence-electron chi connectivity index (χ4n) is 2.64. The van der Waals surface area contributed by atoms with Gasteiger partial charge < -0.3 is 10.5 Å². The second-order valence-electron chi connectivity index (χ2n) is 6.05. The number of halogens is 3. The van der Waals surface area contributed by atoms with Crippen LogP contribution >= 0.6 is 34.8 Å². The highest BCUT2D eigenvalue weighted by atomic mass is 35.5. The van der Waals surface area contributed by atoms with E-state index in [4.69, 9.17) is 45.3 Å². The van der Waals surface area contributed by atoms with Gasteiger partial charge in [-0.15, -0.1) is 0 Å². The molecule has 0 heterocycles. The Balaban J connectivity index is 1.90. The molecule has 2 N–H and O–H groups in total. The molecule has 8 nitrogen and oxygen atoms in total. The minimum absolute atomic E-state index is 0.0465. The number of nitro groups is 1. The molecule has 3 rings (SSSR count). The zero-order chi connectivity index (χ0) is 22.7. The molecule has 0 aliphatic rings. The first kappa shape index (κ1) is 22.4. The Kier molecular flexibility index (Phi) is 6.65. The number of amides is 3. The van der Waals surface area contributed by atoms with Crippen molar-refractivity contribution in [1.29, 1.82) is 0 Å². The molecule has 0 atom stereocenters. The van der Waals surface area contributed by atoms with E-state index < -0.39 is 16.9 Å². The third kappa shape index (κ3) is 4.88. The van der Waals surface area contributed by atoms with Gasteiger partial charge in [-0.2, -0.15) is 0 Å². The van der Waals surface area contributed by atoms with Gasteiger partial charge in [-0.05, 0) is 36.4 Å². The molecule has 0 radical (unpaired) electrons. The smallest absolute Gasteiger partial charge is 0.326 e. The fraction of sp³-hybridized carbons (Fsp3) is 0. The van der Waals surface area contributed by atoms with Crippen LogP contribution in [-0.4, -0.2) is 16.9 Å². The summed E-state index contributed by atoms with van der Waals surface area (Å²) in [5.41, 5.74) is 5.31. The van der Waals surface area contributed by atoms with Gasteiger partial charge in [0.05, 0.1) is 26.2 Å². The molecule has 0 spiro atoms. The van der Waals surface area contributed by atoms with E-state index >= 15 is 0 Å². The molecule has 0 fully saturated rings. The SMILES string of the molecule is NC(=O)N(C(=O)c1ccccc1Cl)c1ccc(Oc2ccc([N+](=O)[O-])c(Cl)c2)c(Cl)c1. The molecule has 11 heteroatoms. The lowest BCUT2D eigenvalue weighted by Crippen LogP contribution is -2.41. The van der Waals surface area contributed by atoms with E-state index in [1.807, 2.05) is 0 Å². The molecular weight excluding hydrogens is 469 g/mol. The summed E-state index contributed by atoms with van der Waals surface area (Å²) in [6, 6.07) is 13.1. The number of imide groups is 1. The monoisotopic (exact) mass is 479 g/mol. The molecule has 0 bridgehead atoms. The largest absolute Gasteiger partial charge is 0.456 e. The summed E-state index contributed by atoms with van der Waals surface area (Å²) < 4.78 is 5.60. The molecule has 0 saturated carbocycles. The van der Waals surface area contributed by atoms with Crippen molar-refractivity contribution < 1.29 is 19.2 Å². The summed E-state index contributed by atoms with van der Waals surface area (Å²) >= 11 is 18.2. The van der Waals surface area contributed by atoms with Crippen molar-refractivity contribution in [3.8, 4) is 11.5 Å². The zero-order valence-electron chi connectivity index (χ0n) is 15.4. The first-order valence-corrected chi connectivity index (χ1v) is 9.62. The average Bonchev–Trinajstić information content (AvgIpc) is 2.70.